The van der Waals surface area contributed by atoms with Crippen molar-refractivity contribution in [3.05, 3.63) is 40.5 Å². The molecule has 3 aromatic heterocycles. The van der Waals surface area contributed by atoms with Crippen molar-refractivity contribution in [1.82, 2.24) is 29.4 Å². The maximum Gasteiger partial charge on any atom is 0.255 e. The Kier molecular flexibility index (Phi) is 4.22. The molecule has 1 aliphatic rings. The number of aromatic nitrogens is 5. The first-order chi connectivity index (χ1) is 12.9. The number of morpholine rings is 1. The molecule has 4 heterocycles. The number of pyridine rings is 1. The van der Waals surface area contributed by atoms with Crippen molar-refractivity contribution < 1.29 is 9.53 Å². The van der Waals surface area contributed by atoms with Crippen LogP contribution in [0, 0.1) is 20.8 Å². The summed E-state index contributed by atoms with van der Waals surface area (Å²) in [4.78, 5) is 20.0. The predicted octanol–water partition coefficient (Wildman–Crippen LogP) is 1.84. The third kappa shape index (κ3) is 2.80. The van der Waals surface area contributed by atoms with Crippen LogP contribution in [0.15, 0.2) is 12.3 Å². The number of carbonyl (C=O) groups is 1. The summed E-state index contributed by atoms with van der Waals surface area (Å²) in [6, 6.07) is 1.70. The van der Waals surface area contributed by atoms with Crippen molar-refractivity contribution in [3.63, 3.8) is 0 Å². The summed E-state index contributed by atoms with van der Waals surface area (Å²) in [6.45, 7) is 7.45. The van der Waals surface area contributed by atoms with E-state index in [1.165, 1.54) is 0 Å². The Morgan fingerprint density at radius 3 is 2.70 bits per heavy atom. The van der Waals surface area contributed by atoms with E-state index in [0.29, 0.717) is 25.3 Å². The Hall–Kier alpha value is -2.74. The summed E-state index contributed by atoms with van der Waals surface area (Å²) >= 11 is 0. The van der Waals surface area contributed by atoms with E-state index < -0.39 is 0 Å². The molecule has 0 N–H and O–H groups in total. The fourth-order valence-corrected chi connectivity index (χ4v) is 3.93. The molecule has 0 aromatic carbocycles. The second kappa shape index (κ2) is 6.45. The zero-order chi connectivity index (χ0) is 19.3. The van der Waals surface area contributed by atoms with Crippen LogP contribution in [0.25, 0.3) is 11.0 Å². The second-order valence-corrected chi connectivity index (χ2v) is 7.11. The molecule has 0 radical (unpaired) electrons. The molecule has 1 unspecified atom stereocenters. The van der Waals surface area contributed by atoms with E-state index in [4.69, 9.17) is 4.74 Å². The summed E-state index contributed by atoms with van der Waals surface area (Å²) in [5.74, 6) is -0.0190. The van der Waals surface area contributed by atoms with Crippen molar-refractivity contribution in [2.75, 3.05) is 19.8 Å². The van der Waals surface area contributed by atoms with E-state index in [2.05, 4.69) is 15.2 Å². The SMILES string of the molecule is Cc1cc(C(=O)N2CCOCC2c2c(C)nn(C)c2C)c2cnn(C)c2n1. The predicted molar refractivity (Wildman–Crippen MR) is 101 cm³/mol. The van der Waals surface area contributed by atoms with E-state index in [1.807, 2.05) is 50.5 Å². The first-order valence-corrected chi connectivity index (χ1v) is 9.06. The smallest absolute Gasteiger partial charge is 0.255 e. The molecule has 0 bridgehead atoms. The van der Waals surface area contributed by atoms with Gasteiger partial charge in [0.15, 0.2) is 5.65 Å². The number of hydrogen-bond acceptors (Lipinski definition) is 5. The lowest BCUT2D eigenvalue weighted by atomic mass is 10.0. The number of amides is 1. The van der Waals surface area contributed by atoms with E-state index >= 15 is 0 Å². The van der Waals surface area contributed by atoms with Gasteiger partial charge in [-0.05, 0) is 26.8 Å². The molecule has 1 aliphatic heterocycles. The van der Waals surface area contributed by atoms with Crippen LogP contribution in [-0.2, 0) is 18.8 Å². The van der Waals surface area contributed by atoms with Gasteiger partial charge in [-0.3, -0.25) is 14.2 Å². The van der Waals surface area contributed by atoms with Crippen molar-refractivity contribution >= 4 is 16.9 Å². The Morgan fingerprint density at radius 1 is 1.22 bits per heavy atom. The topological polar surface area (TPSA) is 78.1 Å². The molecule has 0 saturated carbocycles. The Morgan fingerprint density at radius 2 is 2.00 bits per heavy atom. The largest absolute Gasteiger partial charge is 0.377 e. The van der Waals surface area contributed by atoms with Gasteiger partial charge in [-0.25, -0.2) is 4.98 Å². The van der Waals surface area contributed by atoms with Gasteiger partial charge >= 0.3 is 0 Å². The zero-order valence-electron chi connectivity index (χ0n) is 16.4. The van der Waals surface area contributed by atoms with Crippen molar-refractivity contribution in [2.45, 2.75) is 26.8 Å². The fourth-order valence-electron chi connectivity index (χ4n) is 3.93. The van der Waals surface area contributed by atoms with Gasteiger partial charge in [-0.15, -0.1) is 0 Å². The van der Waals surface area contributed by atoms with Crippen LogP contribution in [0.2, 0.25) is 0 Å². The lowest BCUT2D eigenvalue weighted by Crippen LogP contribution is -2.44. The average molecular weight is 368 g/mol. The van der Waals surface area contributed by atoms with Crippen LogP contribution >= 0.6 is 0 Å². The molecule has 27 heavy (non-hydrogen) atoms. The molecule has 0 aliphatic carbocycles. The lowest BCUT2D eigenvalue weighted by Gasteiger charge is -2.36. The van der Waals surface area contributed by atoms with E-state index in [-0.39, 0.29) is 11.9 Å². The quantitative estimate of drug-likeness (QED) is 0.690. The molecule has 142 valence electrons. The van der Waals surface area contributed by atoms with E-state index in [1.54, 1.807) is 10.9 Å². The minimum Gasteiger partial charge on any atom is -0.377 e. The van der Waals surface area contributed by atoms with Crippen molar-refractivity contribution in [2.24, 2.45) is 14.1 Å². The number of aryl methyl sites for hydroxylation is 4. The van der Waals surface area contributed by atoms with Crippen LogP contribution in [0.4, 0.5) is 0 Å². The van der Waals surface area contributed by atoms with Gasteiger partial charge < -0.3 is 9.64 Å². The van der Waals surface area contributed by atoms with Gasteiger partial charge in [0.2, 0.25) is 0 Å². The number of nitrogens with zero attached hydrogens (tertiary/aromatic N) is 6. The summed E-state index contributed by atoms with van der Waals surface area (Å²) in [5, 5.41) is 9.57. The highest BCUT2D eigenvalue weighted by Crippen LogP contribution is 2.31. The second-order valence-electron chi connectivity index (χ2n) is 7.11. The highest BCUT2D eigenvalue weighted by Gasteiger charge is 2.34. The summed E-state index contributed by atoms with van der Waals surface area (Å²) < 4.78 is 9.29. The maximum atomic E-state index is 13.6. The van der Waals surface area contributed by atoms with E-state index in [0.717, 1.165) is 33.7 Å². The van der Waals surface area contributed by atoms with Crippen molar-refractivity contribution in [1.29, 1.82) is 0 Å². The Bertz CT molecular complexity index is 1030. The fraction of sp³-hybridized carbons (Fsp3) is 0.474. The molecule has 1 saturated heterocycles. The first kappa shape index (κ1) is 17.7. The molecular formula is C19H24N6O2. The molecule has 8 heteroatoms. The van der Waals surface area contributed by atoms with Crippen LogP contribution < -0.4 is 0 Å². The highest BCUT2D eigenvalue weighted by molar-refractivity contribution is 6.05. The number of fused-ring (bicyclic) bond motifs is 1. The first-order valence-electron chi connectivity index (χ1n) is 9.06. The number of rotatable bonds is 2. The molecule has 4 rings (SSSR count). The molecular weight excluding hydrogens is 344 g/mol. The van der Waals surface area contributed by atoms with E-state index in [9.17, 15) is 4.79 Å². The van der Waals surface area contributed by atoms with Crippen LogP contribution in [0.3, 0.4) is 0 Å². The van der Waals surface area contributed by atoms with Crippen LogP contribution in [0.1, 0.15) is 39.0 Å². The summed E-state index contributed by atoms with van der Waals surface area (Å²) in [6.07, 6.45) is 1.71. The molecule has 3 aromatic rings. The van der Waals surface area contributed by atoms with Crippen molar-refractivity contribution in [3.8, 4) is 0 Å². The Balaban J connectivity index is 1.80. The minimum atomic E-state index is -0.153. The van der Waals surface area contributed by atoms with Gasteiger partial charge in [0.05, 0.1) is 42.1 Å². The molecule has 8 nitrogen and oxygen atoms in total. The summed E-state index contributed by atoms with van der Waals surface area (Å²) in [5.41, 5.74) is 5.21. The minimum absolute atomic E-state index is 0.0190. The maximum absolute atomic E-state index is 13.6. The summed E-state index contributed by atoms with van der Waals surface area (Å²) in [7, 11) is 3.76. The highest BCUT2D eigenvalue weighted by atomic mass is 16.5. The third-order valence-corrected chi connectivity index (χ3v) is 5.35. The molecule has 1 amide bonds. The standard InChI is InChI=1S/C19H24N6O2/c1-11-8-14(15-9-20-24(5)18(15)21-11)19(26)25-6-7-27-10-16(25)17-12(2)22-23(4)13(17)3/h8-9,16H,6-7,10H2,1-5H3. The van der Waals surface area contributed by atoms with Gasteiger partial charge in [0.25, 0.3) is 5.91 Å². The zero-order valence-corrected chi connectivity index (χ0v) is 16.4. The molecule has 1 atom stereocenters. The number of carbonyl (C=O) groups excluding carboxylic acids is 1. The van der Waals surface area contributed by atoms with Gasteiger partial charge in [0.1, 0.15) is 0 Å². The lowest BCUT2D eigenvalue weighted by molar-refractivity contribution is -0.00295. The van der Waals surface area contributed by atoms with Gasteiger partial charge in [-0.2, -0.15) is 10.2 Å². The average Bonchev–Trinajstić information content (AvgIpc) is 3.13. The molecule has 1 fully saturated rings. The molecule has 0 spiro atoms. The third-order valence-electron chi connectivity index (χ3n) is 5.35. The van der Waals surface area contributed by atoms with Crippen LogP contribution in [0.5, 0.6) is 0 Å². The Labute approximate surface area is 157 Å². The monoisotopic (exact) mass is 368 g/mol. The normalized spacial score (nSPS) is 17.7. The number of ether oxygens (including phenoxy) is 1. The van der Waals surface area contributed by atoms with Gasteiger partial charge in [0, 0.05) is 37.6 Å². The van der Waals surface area contributed by atoms with Gasteiger partial charge in [-0.1, -0.05) is 0 Å². The van der Waals surface area contributed by atoms with Crippen LogP contribution in [-0.4, -0.2) is 55.1 Å². The number of hydrogen-bond donors (Lipinski definition) is 0.